The SMILES string of the molecule is NCc1ccc(OC2CC2)c(CN)c1. The van der Waals surface area contributed by atoms with Crippen LogP contribution in [0, 0.1) is 0 Å². The molecule has 2 rings (SSSR count). The molecule has 0 heterocycles. The van der Waals surface area contributed by atoms with E-state index in [0.717, 1.165) is 16.9 Å². The number of hydrogen-bond acceptors (Lipinski definition) is 3. The van der Waals surface area contributed by atoms with E-state index in [1.807, 2.05) is 18.2 Å². The Bertz CT molecular complexity index is 321. The maximum atomic E-state index is 5.73. The zero-order chi connectivity index (χ0) is 9.97. The van der Waals surface area contributed by atoms with Crippen LogP contribution in [0.25, 0.3) is 0 Å². The van der Waals surface area contributed by atoms with Gasteiger partial charge in [-0.05, 0) is 30.5 Å². The second-order valence-electron chi connectivity index (χ2n) is 3.67. The lowest BCUT2D eigenvalue weighted by Gasteiger charge is -2.10. The predicted molar refractivity (Wildman–Crippen MR) is 55.9 cm³/mol. The number of ether oxygens (including phenoxy) is 1. The first-order valence-electron chi connectivity index (χ1n) is 5.02. The minimum atomic E-state index is 0.420. The molecule has 0 unspecified atom stereocenters. The third kappa shape index (κ3) is 2.05. The van der Waals surface area contributed by atoms with E-state index in [1.54, 1.807) is 0 Å². The van der Waals surface area contributed by atoms with Crippen molar-refractivity contribution in [3.05, 3.63) is 29.3 Å². The first-order valence-corrected chi connectivity index (χ1v) is 5.02. The standard InChI is InChI=1S/C11H16N2O/c12-6-8-1-4-11(9(5-8)7-13)14-10-2-3-10/h1,4-5,10H,2-3,6-7,12-13H2. The Balaban J connectivity index is 2.19. The van der Waals surface area contributed by atoms with Crippen molar-refractivity contribution in [3.8, 4) is 5.75 Å². The van der Waals surface area contributed by atoms with Crippen molar-refractivity contribution in [1.82, 2.24) is 0 Å². The van der Waals surface area contributed by atoms with Gasteiger partial charge in [-0.1, -0.05) is 6.07 Å². The van der Waals surface area contributed by atoms with Crippen molar-refractivity contribution in [2.24, 2.45) is 11.5 Å². The minimum Gasteiger partial charge on any atom is -0.490 e. The molecule has 1 aliphatic carbocycles. The van der Waals surface area contributed by atoms with E-state index in [4.69, 9.17) is 16.2 Å². The summed E-state index contributed by atoms with van der Waals surface area (Å²) in [6.07, 6.45) is 2.76. The number of benzene rings is 1. The van der Waals surface area contributed by atoms with Crippen LogP contribution in [0.1, 0.15) is 24.0 Å². The summed E-state index contributed by atoms with van der Waals surface area (Å²) in [5.74, 6) is 0.923. The number of nitrogens with two attached hydrogens (primary N) is 2. The van der Waals surface area contributed by atoms with Crippen LogP contribution in [0.5, 0.6) is 5.75 Å². The van der Waals surface area contributed by atoms with Crippen molar-refractivity contribution in [2.45, 2.75) is 32.0 Å². The molecule has 1 aliphatic rings. The average Bonchev–Trinajstić information content (AvgIpc) is 3.02. The highest BCUT2D eigenvalue weighted by molar-refractivity contribution is 5.37. The molecule has 1 aromatic carbocycles. The van der Waals surface area contributed by atoms with E-state index in [0.29, 0.717) is 19.2 Å². The fourth-order valence-corrected chi connectivity index (χ4v) is 1.40. The highest BCUT2D eigenvalue weighted by Gasteiger charge is 2.24. The summed E-state index contributed by atoms with van der Waals surface area (Å²) in [6.45, 7) is 1.06. The lowest BCUT2D eigenvalue weighted by atomic mass is 10.1. The van der Waals surface area contributed by atoms with Gasteiger partial charge in [-0.25, -0.2) is 0 Å². The molecular formula is C11H16N2O. The third-order valence-electron chi connectivity index (χ3n) is 2.40. The lowest BCUT2D eigenvalue weighted by Crippen LogP contribution is -2.06. The molecule has 1 fully saturated rings. The van der Waals surface area contributed by atoms with E-state index in [1.165, 1.54) is 12.8 Å². The quantitative estimate of drug-likeness (QED) is 0.752. The topological polar surface area (TPSA) is 61.3 Å². The molecule has 14 heavy (non-hydrogen) atoms. The summed E-state index contributed by atoms with van der Waals surface area (Å²) < 4.78 is 5.73. The molecule has 0 aliphatic heterocycles. The maximum absolute atomic E-state index is 5.73. The molecule has 76 valence electrons. The first-order chi connectivity index (χ1) is 6.83. The third-order valence-corrected chi connectivity index (χ3v) is 2.40. The molecule has 0 amide bonds. The van der Waals surface area contributed by atoms with E-state index in [2.05, 4.69) is 0 Å². The van der Waals surface area contributed by atoms with Gasteiger partial charge < -0.3 is 16.2 Å². The summed E-state index contributed by atoms with van der Waals surface area (Å²) >= 11 is 0. The van der Waals surface area contributed by atoms with Crippen LogP contribution in [-0.4, -0.2) is 6.10 Å². The normalized spacial score (nSPS) is 15.6. The van der Waals surface area contributed by atoms with Gasteiger partial charge in [0.05, 0.1) is 6.10 Å². The fraction of sp³-hybridized carbons (Fsp3) is 0.455. The van der Waals surface area contributed by atoms with Crippen LogP contribution in [0.3, 0.4) is 0 Å². The molecule has 1 aromatic rings. The molecule has 0 radical (unpaired) electrons. The van der Waals surface area contributed by atoms with Gasteiger partial charge >= 0.3 is 0 Å². The summed E-state index contributed by atoms with van der Waals surface area (Å²) in [4.78, 5) is 0. The highest BCUT2D eigenvalue weighted by atomic mass is 16.5. The Labute approximate surface area is 84.0 Å². The zero-order valence-corrected chi connectivity index (χ0v) is 8.20. The van der Waals surface area contributed by atoms with Crippen molar-refractivity contribution in [1.29, 1.82) is 0 Å². The largest absolute Gasteiger partial charge is 0.490 e. The molecule has 4 N–H and O–H groups in total. The minimum absolute atomic E-state index is 0.420. The molecule has 0 aromatic heterocycles. The number of hydrogen-bond donors (Lipinski definition) is 2. The molecule has 0 spiro atoms. The summed E-state index contributed by atoms with van der Waals surface area (Å²) in [6, 6.07) is 6.00. The van der Waals surface area contributed by atoms with Gasteiger partial charge in [0, 0.05) is 18.7 Å². The number of rotatable bonds is 4. The molecule has 1 saturated carbocycles. The Hall–Kier alpha value is -1.06. The molecule has 0 bridgehead atoms. The smallest absolute Gasteiger partial charge is 0.124 e. The van der Waals surface area contributed by atoms with E-state index >= 15 is 0 Å². The Morgan fingerprint density at radius 2 is 2.00 bits per heavy atom. The monoisotopic (exact) mass is 192 g/mol. The second kappa shape index (κ2) is 3.98. The van der Waals surface area contributed by atoms with E-state index in [-0.39, 0.29) is 0 Å². The van der Waals surface area contributed by atoms with Crippen molar-refractivity contribution < 1.29 is 4.74 Å². The molecule has 3 heteroatoms. The van der Waals surface area contributed by atoms with Crippen LogP contribution in [0.2, 0.25) is 0 Å². The lowest BCUT2D eigenvalue weighted by molar-refractivity contribution is 0.300. The first kappa shape index (κ1) is 9.49. The van der Waals surface area contributed by atoms with Gasteiger partial charge in [0.25, 0.3) is 0 Å². The fourth-order valence-electron chi connectivity index (χ4n) is 1.40. The van der Waals surface area contributed by atoms with Crippen molar-refractivity contribution in [2.75, 3.05) is 0 Å². The zero-order valence-electron chi connectivity index (χ0n) is 8.20. The van der Waals surface area contributed by atoms with Crippen LogP contribution >= 0.6 is 0 Å². The highest BCUT2D eigenvalue weighted by Crippen LogP contribution is 2.29. The molecule has 3 nitrogen and oxygen atoms in total. The Morgan fingerprint density at radius 3 is 2.57 bits per heavy atom. The molecule has 0 saturated heterocycles. The van der Waals surface area contributed by atoms with E-state index < -0.39 is 0 Å². The average molecular weight is 192 g/mol. The Kier molecular flexibility index (Phi) is 2.70. The Morgan fingerprint density at radius 1 is 1.21 bits per heavy atom. The predicted octanol–water partition coefficient (Wildman–Crippen LogP) is 1.15. The van der Waals surface area contributed by atoms with Crippen LogP contribution < -0.4 is 16.2 Å². The maximum Gasteiger partial charge on any atom is 0.124 e. The molecule has 0 atom stereocenters. The van der Waals surface area contributed by atoms with E-state index in [9.17, 15) is 0 Å². The second-order valence-corrected chi connectivity index (χ2v) is 3.67. The van der Waals surface area contributed by atoms with Crippen molar-refractivity contribution in [3.63, 3.8) is 0 Å². The van der Waals surface area contributed by atoms with Gasteiger partial charge in [-0.15, -0.1) is 0 Å². The summed E-state index contributed by atoms with van der Waals surface area (Å²) in [5.41, 5.74) is 13.4. The van der Waals surface area contributed by atoms with Gasteiger partial charge in [0.15, 0.2) is 0 Å². The van der Waals surface area contributed by atoms with Gasteiger partial charge in [-0.2, -0.15) is 0 Å². The summed E-state index contributed by atoms with van der Waals surface area (Å²) in [5, 5.41) is 0. The molecular weight excluding hydrogens is 176 g/mol. The summed E-state index contributed by atoms with van der Waals surface area (Å²) in [7, 11) is 0. The van der Waals surface area contributed by atoms with Crippen LogP contribution in [-0.2, 0) is 13.1 Å². The van der Waals surface area contributed by atoms with Crippen molar-refractivity contribution >= 4 is 0 Å². The van der Waals surface area contributed by atoms with Gasteiger partial charge in [0.1, 0.15) is 5.75 Å². The van der Waals surface area contributed by atoms with Gasteiger partial charge in [0.2, 0.25) is 0 Å². The van der Waals surface area contributed by atoms with Gasteiger partial charge in [-0.3, -0.25) is 0 Å². The van der Waals surface area contributed by atoms with Crippen LogP contribution in [0.15, 0.2) is 18.2 Å². The van der Waals surface area contributed by atoms with Crippen LogP contribution in [0.4, 0.5) is 0 Å².